The fourth-order valence-corrected chi connectivity index (χ4v) is 2.25. The number of nitrogens with one attached hydrogen (secondary N) is 1. The van der Waals surface area contributed by atoms with Crippen molar-refractivity contribution in [3.63, 3.8) is 0 Å². The third kappa shape index (κ3) is 9.01. The topological polar surface area (TPSA) is 28.2 Å². The van der Waals surface area contributed by atoms with Crippen LogP contribution in [0.4, 0.5) is 0 Å². The summed E-state index contributed by atoms with van der Waals surface area (Å²) in [6.45, 7) is 10.5. The number of unbranched alkanes of at least 4 members (excludes halogenated alkanes) is 7. The molecule has 2 heteroatoms. The minimum Gasteiger partial charge on any atom is -0.512 e. The molecule has 1 heterocycles. The van der Waals surface area contributed by atoms with Gasteiger partial charge in [-0.3, -0.25) is 4.90 Å². The molecule has 0 fully saturated rings. The Balaban J connectivity index is 0.00000137. The number of hydrogen-bond acceptors (Lipinski definition) is 1. The van der Waals surface area contributed by atoms with E-state index in [0.29, 0.717) is 0 Å². The second-order valence-electron chi connectivity index (χ2n) is 5.02. The highest BCUT2D eigenvalue weighted by molar-refractivity contribution is 5.14. The molecule has 0 amide bonds. The molecule has 0 saturated heterocycles. The van der Waals surface area contributed by atoms with Crippen LogP contribution in [0.1, 0.15) is 65.2 Å². The Morgan fingerprint density at radius 3 is 2.06 bits per heavy atom. The van der Waals surface area contributed by atoms with Crippen molar-refractivity contribution in [2.75, 3.05) is 6.54 Å². The van der Waals surface area contributed by atoms with Crippen LogP contribution in [0.3, 0.4) is 0 Å². The van der Waals surface area contributed by atoms with Gasteiger partial charge in [-0.15, -0.1) is 0 Å². The van der Waals surface area contributed by atoms with Crippen molar-refractivity contribution in [2.45, 2.75) is 65.2 Å². The van der Waals surface area contributed by atoms with Gasteiger partial charge in [-0.05, 0) is 25.8 Å². The van der Waals surface area contributed by atoms with Gasteiger partial charge in [-0.2, -0.15) is 0 Å². The van der Waals surface area contributed by atoms with Crippen LogP contribution in [-0.4, -0.2) is 6.54 Å². The van der Waals surface area contributed by atoms with Crippen LogP contribution in [0.15, 0.2) is 24.0 Å². The van der Waals surface area contributed by atoms with Gasteiger partial charge in [0.2, 0.25) is 0 Å². The fourth-order valence-electron chi connectivity index (χ4n) is 2.25. The summed E-state index contributed by atoms with van der Waals surface area (Å²) in [6.07, 6.45) is 18.2. The monoisotopic (exact) mass is 248 g/mol. The maximum atomic E-state index is 6.25. The second-order valence-corrected chi connectivity index (χ2v) is 5.02. The largest absolute Gasteiger partial charge is 0.512 e. The standard InChI is InChI=1S/C15H27N.CN/c1-3-4-5-6-7-8-9-10-12-16-13-11-15(2)14-16;1-2/h11,13-14H,3-10,12H2,1-2H3;/q;-1/p+1. The van der Waals surface area contributed by atoms with Gasteiger partial charge in [0.15, 0.2) is 0 Å². The minimum atomic E-state index is 1.28. The molecular formula is C16H28N2. The van der Waals surface area contributed by atoms with E-state index in [0.717, 1.165) is 0 Å². The third-order valence-corrected chi connectivity index (χ3v) is 3.29. The molecule has 102 valence electrons. The van der Waals surface area contributed by atoms with E-state index in [9.17, 15) is 0 Å². The fraction of sp³-hybridized carbons (Fsp3) is 0.688. The number of quaternary nitrogens is 1. The lowest BCUT2D eigenvalue weighted by molar-refractivity contribution is -0.788. The Hall–Kier alpha value is -1.07. The SMILES string of the molecule is CCCCCCCCCC[NH+]1C=CC(C)=C1.[C-]#N. The molecule has 0 saturated carbocycles. The lowest BCUT2D eigenvalue weighted by Crippen LogP contribution is -3.01. The van der Waals surface area contributed by atoms with Crippen molar-refractivity contribution in [1.82, 2.24) is 0 Å². The first-order valence-corrected chi connectivity index (χ1v) is 7.27. The van der Waals surface area contributed by atoms with Gasteiger partial charge in [-0.25, -0.2) is 0 Å². The Bertz CT molecular complexity index is 264. The van der Waals surface area contributed by atoms with Crippen molar-refractivity contribution in [2.24, 2.45) is 0 Å². The Kier molecular flexibility index (Phi) is 11.7. The molecule has 1 rings (SSSR count). The average molecular weight is 248 g/mol. The number of nitrogens with zero attached hydrogens (tertiary/aromatic N) is 1. The molecular weight excluding hydrogens is 220 g/mol. The lowest BCUT2D eigenvalue weighted by atomic mass is 10.1. The first-order chi connectivity index (χ1) is 8.83. The molecule has 0 radical (unpaired) electrons. The lowest BCUT2D eigenvalue weighted by Gasteiger charge is -2.06. The van der Waals surface area contributed by atoms with Crippen LogP contribution in [-0.2, 0) is 0 Å². The van der Waals surface area contributed by atoms with Crippen LogP contribution < -0.4 is 4.90 Å². The van der Waals surface area contributed by atoms with Gasteiger partial charge in [0, 0.05) is 5.57 Å². The van der Waals surface area contributed by atoms with Crippen molar-refractivity contribution < 1.29 is 4.90 Å². The van der Waals surface area contributed by atoms with Gasteiger partial charge in [0.05, 0.1) is 12.7 Å². The molecule has 0 aromatic rings. The first-order valence-electron chi connectivity index (χ1n) is 7.27. The summed E-state index contributed by atoms with van der Waals surface area (Å²) in [4.78, 5) is 1.53. The zero-order valence-electron chi connectivity index (χ0n) is 12.0. The molecule has 0 aromatic heterocycles. The maximum absolute atomic E-state index is 6.25. The van der Waals surface area contributed by atoms with E-state index in [1.54, 1.807) is 0 Å². The predicted octanol–water partition coefficient (Wildman–Crippen LogP) is 3.54. The summed E-state index contributed by atoms with van der Waals surface area (Å²) >= 11 is 0. The molecule has 0 aliphatic carbocycles. The van der Waals surface area contributed by atoms with Gasteiger partial charge in [0.25, 0.3) is 0 Å². The quantitative estimate of drug-likeness (QED) is 0.490. The number of allylic oxidation sites excluding steroid dienone is 2. The van der Waals surface area contributed by atoms with Crippen LogP contribution >= 0.6 is 0 Å². The minimum absolute atomic E-state index is 1.28. The van der Waals surface area contributed by atoms with Crippen LogP contribution in [0.2, 0.25) is 0 Å². The molecule has 2 nitrogen and oxygen atoms in total. The van der Waals surface area contributed by atoms with Gasteiger partial charge < -0.3 is 11.8 Å². The van der Waals surface area contributed by atoms with E-state index in [1.165, 1.54) is 68.4 Å². The van der Waals surface area contributed by atoms with Crippen LogP contribution in [0.25, 0.3) is 0 Å². The highest BCUT2D eigenvalue weighted by Gasteiger charge is 2.06. The Morgan fingerprint density at radius 1 is 1.00 bits per heavy atom. The molecule has 1 N–H and O–H groups in total. The van der Waals surface area contributed by atoms with Crippen molar-refractivity contribution in [1.29, 1.82) is 5.26 Å². The first kappa shape index (κ1) is 16.9. The van der Waals surface area contributed by atoms with Crippen molar-refractivity contribution in [3.05, 3.63) is 30.6 Å². The van der Waals surface area contributed by atoms with Crippen molar-refractivity contribution >= 4 is 0 Å². The van der Waals surface area contributed by atoms with E-state index in [2.05, 4.69) is 32.3 Å². The van der Waals surface area contributed by atoms with Crippen LogP contribution in [0, 0.1) is 11.8 Å². The third-order valence-electron chi connectivity index (χ3n) is 3.29. The van der Waals surface area contributed by atoms with E-state index >= 15 is 0 Å². The molecule has 0 bridgehead atoms. The summed E-state index contributed by atoms with van der Waals surface area (Å²) < 4.78 is 0. The van der Waals surface area contributed by atoms with Crippen molar-refractivity contribution in [3.8, 4) is 0 Å². The summed E-state index contributed by atoms with van der Waals surface area (Å²) in [5, 5.41) is 6.25. The molecule has 0 spiro atoms. The summed E-state index contributed by atoms with van der Waals surface area (Å²) in [5.74, 6) is 0. The van der Waals surface area contributed by atoms with E-state index < -0.39 is 0 Å². The highest BCUT2D eigenvalue weighted by atomic mass is 15.1. The molecule has 18 heavy (non-hydrogen) atoms. The smallest absolute Gasteiger partial charge is 0.102 e. The number of rotatable bonds is 9. The molecule has 0 aromatic carbocycles. The molecule has 1 unspecified atom stereocenters. The van der Waals surface area contributed by atoms with Crippen LogP contribution in [0.5, 0.6) is 0 Å². The summed E-state index contributed by atoms with van der Waals surface area (Å²) in [7, 11) is 0. The van der Waals surface area contributed by atoms with E-state index in [4.69, 9.17) is 11.8 Å². The highest BCUT2D eigenvalue weighted by Crippen LogP contribution is 2.07. The molecule has 1 atom stereocenters. The van der Waals surface area contributed by atoms with Gasteiger partial charge in [-0.1, -0.05) is 45.4 Å². The van der Waals surface area contributed by atoms with E-state index in [-0.39, 0.29) is 0 Å². The number of hydrogen-bond donors (Lipinski definition) is 1. The Morgan fingerprint density at radius 2 is 1.56 bits per heavy atom. The zero-order valence-corrected chi connectivity index (χ0v) is 12.0. The molecule has 1 aliphatic rings. The average Bonchev–Trinajstić information content (AvgIpc) is 2.81. The summed E-state index contributed by atoms with van der Waals surface area (Å²) in [6, 6.07) is 0. The van der Waals surface area contributed by atoms with E-state index in [1.807, 2.05) is 0 Å². The van der Waals surface area contributed by atoms with Gasteiger partial charge in [0.1, 0.15) is 6.20 Å². The zero-order chi connectivity index (χ0) is 13.6. The second kappa shape index (κ2) is 12.4. The Labute approximate surface area is 113 Å². The summed E-state index contributed by atoms with van der Waals surface area (Å²) in [5.41, 5.74) is 1.41. The van der Waals surface area contributed by atoms with Gasteiger partial charge >= 0.3 is 0 Å². The predicted molar refractivity (Wildman–Crippen MR) is 76.3 cm³/mol. The maximum Gasteiger partial charge on any atom is 0.102 e. The molecule has 1 aliphatic heterocycles. The normalized spacial score (nSPS) is 17.1.